The van der Waals surface area contributed by atoms with Crippen molar-refractivity contribution in [3.05, 3.63) is 70.1 Å². The third-order valence-corrected chi connectivity index (χ3v) is 3.53. The minimum absolute atomic E-state index is 0.137. The van der Waals surface area contributed by atoms with Crippen LogP contribution in [0.2, 0.25) is 0 Å². The second-order valence-corrected chi connectivity index (χ2v) is 5.43. The topological polar surface area (TPSA) is 81.2 Å². The summed E-state index contributed by atoms with van der Waals surface area (Å²) in [7, 11) is 0. The molecule has 0 spiro atoms. The summed E-state index contributed by atoms with van der Waals surface area (Å²) in [6.07, 6.45) is 0. The molecule has 2 aromatic carbocycles. The smallest absolute Gasteiger partial charge is 0.351 e. The zero-order valence-corrected chi connectivity index (χ0v) is 13.9. The second-order valence-electron chi connectivity index (χ2n) is 5.43. The maximum Gasteiger partial charge on any atom is 0.351 e. The van der Waals surface area contributed by atoms with E-state index >= 15 is 0 Å². The fraction of sp³-hybridized carbons (Fsp3) is 0.158. The highest BCUT2D eigenvalue weighted by molar-refractivity contribution is 5.93. The molecule has 3 rings (SSSR count). The average molecular weight is 336 g/mol. The molecule has 3 aromatic rings. The maximum absolute atomic E-state index is 11.9. The Balaban J connectivity index is 1.95. The quantitative estimate of drug-likeness (QED) is 0.393. The van der Waals surface area contributed by atoms with Gasteiger partial charge in [0.2, 0.25) is 0 Å². The number of carbonyl (C=O) groups is 1. The van der Waals surface area contributed by atoms with E-state index in [9.17, 15) is 9.59 Å². The van der Waals surface area contributed by atoms with Gasteiger partial charge in [-0.05, 0) is 50.2 Å². The Hall–Kier alpha value is -3.28. The Morgan fingerprint density at radius 1 is 1.04 bits per heavy atom. The zero-order valence-electron chi connectivity index (χ0n) is 13.9. The lowest BCUT2D eigenvalue weighted by Gasteiger charge is -2.02. The number of benzene rings is 2. The molecule has 1 heterocycles. The van der Waals surface area contributed by atoms with Crippen LogP contribution in [-0.2, 0) is 4.74 Å². The van der Waals surface area contributed by atoms with E-state index in [2.05, 4.69) is 10.2 Å². The Labute approximate surface area is 143 Å². The molecule has 0 saturated heterocycles. The molecule has 6 nitrogen and oxygen atoms in total. The minimum atomic E-state index is -0.722. The largest absolute Gasteiger partial charge is 0.462 e. The van der Waals surface area contributed by atoms with Crippen LogP contribution in [0.1, 0.15) is 22.8 Å². The molecule has 0 amide bonds. The average Bonchev–Trinajstić information content (AvgIpc) is 2.61. The van der Waals surface area contributed by atoms with Crippen LogP contribution >= 0.6 is 0 Å². The van der Waals surface area contributed by atoms with E-state index in [-0.39, 0.29) is 12.2 Å². The number of esters is 1. The van der Waals surface area contributed by atoms with Crippen molar-refractivity contribution in [3.8, 4) is 0 Å². The van der Waals surface area contributed by atoms with Crippen LogP contribution in [0.25, 0.3) is 11.0 Å². The molecule has 0 aliphatic rings. The highest BCUT2D eigenvalue weighted by Crippen LogP contribution is 2.23. The molecule has 0 fully saturated rings. The lowest BCUT2D eigenvalue weighted by atomic mass is 10.1. The van der Waals surface area contributed by atoms with Crippen molar-refractivity contribution in [2.75, 3.05) is 6.61 Å². The van der Waals surface area contributed by atoms with Gasteiger partial charge in [-0.25, -0.2) is 9.59 Å². The summed E-state index contributed by atoms with van der Waals surface area (Å²) in [5.74, 6) is -0.704. The number of hydrogen-bond acceptors (Lipinski definition) is 6. The highest BCUT2D eigenvalue weighted by atomic mass is 16.5. The number of ether oxygens (including phenoxy) is 1. The van der Waals surface area contributed by atoms with Crippen LogP contribution < -0.4 is 5.63 Å². The number of fused-ring (bicyclic) bond motifs is 1. The molecule has 1 aromatic heterocycles. The number of nitrogens with zero attached hydrogens (tertiary/aromatic N) is 2. The lowest BCUT2D eigenvalue weighted by Crippen LogP contribution is -2.16. The number of hydrogen-bond donors (Lipinski definition) is 0. The van der Waals surface area contributed by atoms with Gasteiger partial charge < -0.3 is 9.15 Å². The van der Waals surface area contributed by atoms with E-state index in [0.29, 0.717) is 16.7 Å². The molecule has 0 unspecified atom stereocenters. The number of carbonyl (C=O) groups excluding carboxylic acids is 1. The van der Waals surface area contributed by atoms with E-state index in [0.717, 1.165) is 11.3 Å². The normalized spacial score (nSPS) is 11.1. The van der Waals surface area contributed by atoms with E-state index in [1.54, 1.807) is 25.1 Å². The van der Waals surface area contributed by atoms with E-state index in [1.807, 2.05) is 31.2 Å². The monoisotopic (exact) mass is 336 g/mol. The summed E-state index contributed by atoms with van der Waals surface area (Å²) < 4.78 is 10.0. The molecular weight excluding hydrogens is 320 g/mol. The molecule has 0 radical (unpaired) electrons. The van der Waals surface area contributed by atoms with Crippen LogP contribution in [0.3, 0.4) is 0 Å². The van der Waals surface area contributed by atoms with E-state index in [1.165, 1.54) is 6.07 Å². The summed E-state index contributed by atoms with van der Waals surface area (Å²) >= 11 is 0. The maximum atomic E-state index is 11.9. The summed E-state index contributed by atoms with van der Waals surface area (Å²) in [6, 6.07) is 14.1. The molecule has 0 saturated carbocycles. The Kier molecular flexibility index (Phi) is 4.70. The fourth-order valence-corrected chi connectivity index (χ4v) is 2.25. The number of aryl methyl sites for hydroxylation is 1. The van der Waals surface area contributed by atoms with Crippen molar-refractivity contribution in [2.45, 2.75) is 13.8 Å². The van der Waals surface area contributed by atoms with Gasteiger partial charge in [0.15, 0.2) is 0 Å². The molecule has 25 heavy (non-hydrogen) atoms. The standard InChI is InChI=1S/C19H16N2O4/c1-3-24-18(22)16-11-13-10-15(8-9-17(13)25-19(16)23)21-20-14-6-4-12(2)5-7-14/h4-11H,3H2,1-2H3. The zero-order chi connectivity index (χ0) is 17.8. The van der Waals surface area contributed by atoms with Crippen molar-refractivity contribution in [1.29, 1.82) is 0 Å². The van der Waals surface area contributed by atoms with Gasteiger partial charge in [-0.15, -0.1) is 0 Å². The van der Waals surface area contributed by atoms with Crippen molar-refractivity contribution >= 4 is 28.3 Å². The van der Waals surface area contributed by atoms with E-state index in [4.69, 9.17) is 9.15 Å². The Morgan fingerprint density at radius 3 is 2.44 bits per heavy atom. The summed E-state index contributed by atoms with van der Waals surface area (Å²) in [5, 5.41) is 8.92. The van der Waals surface area contributed by atoms with Gasteiger partial charge in [-0.3, -0.25) is 0 Å². The first-order valence-electron chi connectivity index (χ1n) is 7.80. The second kappa shape index (κ2) is 7.09. The van der Waals surface area contributed by atoms with Gasteiger partial charge in [0, 0.05) is 5.39 Å². The summed E-state index contributed by atoms with van der Waals surface area (Å²) in [5.41, 5.74) is 1.97. The lowest BCUT2D eigenvalue weighted by molar-refractivity contribution is 0.0522. The Morgan fingerprint density at radius 2 is 1.72 bits per heavy atom. The van der Waals surface area contributed by atoms with Crippen LogP contribution in [0.15, 0.2) is 68.0 Å². The van der Waals surface area contributed by atoms with Crippen molar-refractivity contribution < 1.29 is 13.9 Å². The van der Waals surface area contributed by atoms with Crippen LogP contribution in [-0.4, -0.2) is 12.6 Å². The van der Waals surface area contributed by atoms with E-state index < -0.39 is 11.6 Å². The first kappa shape index (κ1) is 16.6. The number of rotatable bonds is 4. The van der Waals surface area contributed by atoms with Gasteiger partial charge in [0.05, 0.1) is 18.0 Å². The third kappa shape index (κ3) is 3.80. The molecule has 0 aliphatic carbocycles. The molecule has 0 N–H and O–H groups in total. The minimum Gasteiger partial charge on any atom is -0.462 e. The number of azo groups is 1. The summed E-state index contributed by atoms with van der Waals surface area (Å²) in [6.45, 7) is 3.85. The predicted molar refractivity (Wildman–Crippen MR) is 93.8 cm³/mol. The van der Waals surface area contributed by atoms with Crippen LogP contribution in [0.5, 0.6) is 0 Å². The van der Waals surface area contributed by atoms with Gasteiger partial charge in [-0.2, -0.15) is 10.2 Å². The first-order chi connectivity index (χ1) is 12.1. The Bertz CT molecular complexity index is 1000. The molecule has 0 bridgehead atoms. The van der Waals surface area contributed by atoms with Crippen molar-refractivity contribution in [3.63, 3.8) is 0 Å². The van der Waals surface area contributed by atoms with Gasteiger partial charge >= 0.3 is 11.6 Å². The van der Waals surface area contributed by atoms with Gasteiger partial charge in [0.25, 0.3) is 0 Å². The van der Waals surface area contributed by atoms with Crippen LogP contribution in [0, 0.1) is 6.92 Å². The van der Waals surface area contributed by atoms with Crippen molar-refractivity contribution in [1.82, 2.24) is 0 Å². The molecule has 0 atom stereocenters. The first-order valence-corrected chi connectivity index (χ1v) is 7.80. The van der Waals surface area contributed by atoms with Gasteiger partial charge in [0.1, 0.15) is 11.1 Å². The fourth-order valence-electron chi connectivity index (χ4n) is 2.25. The summed E-state index contributed by atoms with van der Waals surface area (Å²) in [4.78, 5) is 23.7. The molecule has 126 valence electrons. The van der Waals surface area contributed by atoms with Gasteiger partial charge in [-0.1, -0.05) is 17.7 Å². The SMILES string of the molecule is CCOC(=O)c1cc2cc(N=Nc3ccc(C)cc3)ccc2oc1=O. The molecule has 6 heteroatoms. The predicted octanol–water partition coefficient (Wildman–Crippen LogP) is 4.69. The van der Waals surface area contributed by atoms with Crippen molar-refractivity contribution in [2.24, 2.45) is 10.2 Å². The van der Waals surface area contributed by atoms with Crippen LogP contribution in [0.4, 0.5) is 11.4 Å². The third-order valence-electron chi connectivity index (χ3n) is 3.53. The molecule has 0 aliphatic heterocycles. The molecular formula is C19H16N2O4. The highest BCUT2D eigenvalue weighted by Gasteiger charge is 2.14.